The lowest BCUT2D eigenvalue weighted by atomic mass is 10.4. The Morgan fingerprint density at radius 2 is 2.45 bits per heavy atom. The average Bonchev–Trinajstić information content (AvgIpc) is 2.34. The minimum absolute atomic E-state index is 0.218. The van der Waals surface area contributed by atoms with Crippen molar-refractivity contribution >= 4 is 12.4 Å². The predicted molar refractivity (Wildman–Crippen MR) is 34.0 cm³/mol. The van der Waals surface area contributed by atoms with Crippen LogP contribution in [0, 0.1) is 0 Å². The summed E-state index contributed by atoms with van der Waals surface area (Å²) in [6, 6.07) is 0. The zero-order chi connectivity index (χ0) is 8.27. The van der Waals surface area contributed by atoms with Gasteiger partial charge in [0.2, 0.25) is 0 Å². The third-order valence-electron chi connectivity index (χ3n) is 1.54. The van der Waals surface area contributed by atoms with E-state index >= 15 is 0 Å². The summed E-state index contributed by atoms with van der Waals surface area (Å²) in [7, 11) is 1.46. The zero-order valence-corrected chi connectivity index (χ0v) is 6.15. The molecule has 5 nitrogen and oxygen atoms in total. The summed E-state index contributed by atoms with van der Waals surface area (Å²) in [6.45, 7) is 0.218. The summed E-state index contributed by atoms with van der Waals surface area (Å²) in [6.07, 6.45) is 0.530. The Bertz CT molecular complexity index is 170. The van der Waals surface area contributed by atoms with Crippen molar-refractivity contribution < 1.29 is 19.2 Å². The van der Waals surface area contributed by atoms with Gasteiger partial charge in [-0.3, -0.25) is 9.59 Å². The number of carbonyl (C=O) groups excluding carboxylic acids is 2. The first-order chi connectivity index (χ1) is 5.29. The van der Waals surface area contributed by atoms with Gasteiger partial charge in [0.05, 0.1) is 0 Å². The van der Waals surface area contributed by atoms with E-state index in [1.54, 1.807) is 0 Å². The molecule has 0 aliphatic carbocycles. The van der Waals surface area contributed by atoms with E-state index in [0.717, 1.165) is 5.06 Å². The molecule has 1 aliphatic rings. The highest BCUT2D eigenvalue weighted by molar-refractivity contribution is 5.77. The van der Waals surface area contributed by atoms with Gasteiger partial charge in [0.15, 0.2) is 6.23 Å². The number of nitrogens with zero attached hydrogens (tertiary/aromatic N) is 1. The van der Waals surface area contributed by atoms with E-state index in [-0.39, 0.29) is 12.4 Å². The SMILES string of the molecule is COC1CCC(=O)N1OC=O. The van der Waals surface area contributed by atoms with Crippen molar-refractivity contribution in [1.82, 2.24) is 5.06 Å². The topological polar surface area (TPSA) is 55.8 Å². The van der Waals surface area contributed by atoms with Gasteiger partial charge in [0.25, 0.3) is 5.91 Å². The fourth-order valence-electron chi connectivity index (χ4n) is 1.02. The second-order valence-corrected chi connectivity index (χ2v) is 2.15. The molecule has 1 rings (SSSR count). The molecule has 0 aromatic rings. The molecule has 1 heterocycles. The van der Waals surface area contributed by atoms with Gasteiger partial charge in [-0.1, -0.05) is 0 Å². The molecule has 1 amide bonds. The summed E-state index contributed by atoms with van der Waals surface area (Å²) < 4.78 is 4.87. The van der Waals surface area contributed by atoms with Crippen molar-refractivity contribution in [2.45, 2.75) is 19.1 Å². The average molecular weight is 159 g/mol. The summed E-state index contributed by atoms with van der Waals surface area (Å²) in [5.41, 5.74) is 0. The Labute approximate surface area is 63.8 Å². The highest BCUT2D eigenvalue weighted by Crippen LogP contribution is 2.18. The Kier molecular flexibility index (Phi) is 2.43. The molecule has 1 aliphatic heterocycles. The van der Waals surface area contributed by atoms with Gasteiger partial charge >= 0.3 is 6.47 Å². The normalized spacial score (nSPS) is 23.9. The Morgan fingerprint density at radius 3 is 3.00 bits per heavy atom. The van der Waals surface area contributed by atoms with Crippen LogP contribution in [0.4, 0.5) is 0 Å². The monoisotopic (exact) mass is 159 g/mol. The van der Waals surface area contributed by atoms with Crippen LogP contribution in [0.15, 0.2) is 0 Å². The van der Waals surface area contributed by atoms with E-state index in [1.165, 1.54) is 7.11 Å². The molecule has 0 spiro atoms. The van der Waals surface area contributed by atoms with E-state index < -0.39 is 6.23 Å². The fourth-order valence-corrected chi connectivity index (χ4v) is 1.02. The van der Waals surface area contributed by atoms with Crippen LogP contribution in [0.1, 0.15) is 12.8 Å². The van der Waals surface area contributed by atoms with Gasteiger partial charge in [-0.25, -0.2) is 0 Å². The first-order valence-corrected chi connectivity index (χ1v) is 3.25. The Balaban J connectivity index is 2.55. The number of rotatable bonds is 3. The predicted octanol–water partition coefficient (Wildman–Crippen LogP) is -0.331. The molecule has 0 aromatic heterocycles. The van der Waals surface area contributed by atoms with Gasteiger partial charge in [0.1, 0.15) is 0 Å². The minimum Gasteiger partial charge on any atom is -0.358 e. The maximum atomic E-state index is 10.9. The summed E-state index contributed by atoms with van der Waals surface area (Å²) in [5.74, 6) is -0.219. The largest absolute Gasteiger partial charge is 0.358 e. The molecule has 0 aromatic carbocycles. The molecule has 1 fully saturated rings. The molecule has 11 heavy (non-hydrogen) atoms. The van der Waals surface area contributed by atoms with Crippen molar-refractivity contribution in [2.24, 2.45) is 0 Å². The lowest BCUT2D eigenvalue weighted by molar-refractivity contribution is -0.214. The summed E-state index contributed by atoms with van der Waals surface area (Å²) in [5, 5.41) is 0.951. The second kappa shape index (κ2) is 3.34. The van der Waals surface area contributed by atoms with Gasteiger partial charge in [-0.2, -0.15) is 0 Å². The smallest absolute Gasteiger partial charge is 0.321 e. The highest BCUT2D eigenvalue weighted by atomic mass is 16.7. The molecule has 0 N–H and O–H groups in total. The van der Waals surface area contributed by atoms with Gasteiger partial charge in [-0.15, -0.1) is 5.06 Å². The molecule has 0 bridgehead atoms. The van der Waals surface area contributed by atoms with E-state index in [0.29, 0.717) is 12.8 Å². The minimum atomic E-state index is -0.410. The molecule has 0 radical (unpaired) electrons. The standard InChI is InChI=1S/C6H9NO4/c1-10-6-3-2-5(9)7(6)11-4-8/h4,6H,2-3H2,1H3. The number of ether oxygens (including phenoxy) is 1. The van der Waals surface area contributed by atoms with Gasteiger partial charge in [-0.05, 0) is 0 Å². The third-order valence-corrected chi connectivity index (χ3v) is 1.54. The number of amides is 1. The van der Waals surface area contributed by atoms with E-state index in [9.17, 15) is 9.59 Å². The fraction of sp³-hybridized carbons (Fsp3) is 0.667. The van der Waals surface area contributed by atoms with E-state index in [4.69, 9.17) is 4.74 Å². The van der Waals surface area contributed by atoms with Crippen molar-refractivity contribution in [3.8, 4) is 0 Å². The molecule has 1 atom stereocenters. The molecule has 62 valence electrons. The van der Waals surface area contributed by atoms with Crippen LogP contribution < -0.4 is 0 Å². The Morgan fingerprint density at radius 1 is 1.73 bits per heavy atom. The highest BCUT2D eigenvalue weighted by Gasteiger charge is 2.32. The van der Waals surface area contributed by atoms with Crippen LogP contribution in [-0.4, -0.2) is 30.8 Å². The van der Waals surface area contributed by atoms with Crippen molar-refractivity contribution in [2.75, 3.05) is 7.11 Å². The van der Waals surface area contributed by atoms with Crippen molar-refractivity contribution in [1.29, 1.82) is 0 Å². The molecule has 5 heteroatoms. The van der Waals surface area contributed by atoms with Crippen LogP contribution in [-0.2, 0) is 19.2 Å². The molecule has 1 saturated heterocycles. The summed E-state index contributed by atoms with van der Waals surface area (Å²) >= 11 is 0. The lowest BCUT2D eigenvalue weighted by Gasteiger charge is -2.18. The van der Waals surface area contributed by atoms with Gasteiger partial charge < -0.3 is 9.57 Å². The van der Waals surface area contributed by atoms with Crippen LogP contribution in [0.25, 0.3) is 0 Å². The number of hydrogen-bond donors (Lipinski definition) is 0. The van der Waals surface area contributed by atoms with Crippen LogP contribution in [0.3, 0.4) is 0 Å². The van der Waals surface area contributed by atoms with Crippen LogP contribution in [0.5, 0.6) is 0 Å². The molecule has 1 unspecified atom stereocenters. The maximum absolute atomic E-state index is 10.9. The second-order valence-electron chi connectivity index (χ2n) is 2.15. The first-order valence-electron chi connectivity index (χ1n) is 3.25. The van der Waals surface area contributed by atoms with E-state index in [1.807, 2.05) is 0 Å². The van der Waals surface area contributed by atoms with Crippen LogP contribution in [0.2, 0.25) is 0 Å². The number of hydrogen-bond acceptors (Lipinski definition) is 4. The third kappa shape index (κ3) is 1.48. The Hall–Kier alpha value is -1.10. The van der Waals surface area contributed by atoms with Crippen LogP contribution >= 0.6 is 0 Å². The number of carbonyl (C=O) groups is 2. The first kappa shape index (κ1) is 8.00. The molecule has 0 saturated carbocycles. The number of methoxy groups -OCH3 is 1. The molecular formula is C6H9NO4. The zero-order valence-electron chi connectivity index (χ0n) is 6.15. The quantitative estimate of drug-likeness (QED) is 0.529. The van der Waals surface area contributed by atoms with Gasteiger partial charge in [0, 0.05) is 20.0 Å². The molecular weight excluding hydrogens is 150 g/mol. The van der Waals surface area contributed by atoms with Crippen molar-refractivity contribution in [3.05, 3.63) is 0 Å². The summed E-state index contributed by atoms with van der Waals surface area (Å²) in [4.78, 5) is 25.2. The lowest BCUT2D eigenvalue weighted by Crippen LogP contribution is -2.33. The van der Waals surface area contributed by atoms with Crippen molar-refractivity contribution in [3.63, 3.8) is 0 Å². The number of hydroxylamine groups is 2. The van der Waals surface area contributed by atoms with E-state index in [2.05, 4.69) is 4.84 Å². The maximum Gasteiger partial charge on any atom is 0.321 e.